The first-order chi connectivity index (χ1) is 11.1. The quantitative estimate of drug-likeness (QED) is 0.735. The molecule has 1 saturated heterocycles. The summed E-state index contributed by atoms with van der Waals surface area (Å²) in [6.07, 6.45) is 0.161. The number of hydrogen-bond donors (Lipinski definition) is 1. The lowest BCUT2D eigenvalue weighted by Crippen LogP contribution is -2.40. The Kier molecular flexibility index (Phi) is 5.75. The number of carbonyl (C=O) groups is 2. The lowest BCUT2D eigenvalue weighted by Gasteiger charge is -2.24. The zero-order valence-electron chi connectivity index (χ0n) is 13.7. The van der Waals surface area contributed by atoms with Gasteiger partial charge >= 0.3 is 6.09 Å². The van der Waals surface area contributed by atoms with Crippen LogP contribution >= 0.6 is 27.5 Å². The fourth-order valence-electron chi connectivity index (χ4n) is 2.33. The minimum absolute atomic E-state index is 0.126. The van der Waals surface area contributed by atoms with Crippen LogP contribution in [0.3, 0.4) is 0 Å². The van der Waals surface area contributed by atoms with E-state index >= 15 is 0 Å². The third-order valence-corrected chi connectivity index (χ3v) is 4.63. The van der Waals surface area contributed by atoms with E-state index in [-0.39, 0.29) is 16.6 Å². The first-order valence-corrected chi connectivity index (χ1v) is 8.67. The summed E-state index contributed by atoms with van der Waals surface area (Å²) in [5.41, 5.74) is -0.700. The van der Waals surface area contributed by atoms with Crippen LogP contribution in [0.4, 0.5) is 9.18 Å². The van der Waals surface area contributed by atoms with Crippen molar-refractivity contribution >= 4 is 39.5 Å². The average molecular weight is 422 g/mol. The second kappa shape index (κ2) is 7.27. The number of carbonyl (C=O) groups excluding carboxylic acids is 2. The summed E-state index contributed by atoms with van der Waals surface area (Å²) < 4.78 is 19.6. The molecule has 0 bridgehead atoms. The van der Waals surface area contributed by atoms with E-state index in [2.05, 4.69) is 21.2 Å². The number of likely N-dealkylation sites (tertiary alicyclic amines) is 1. The van der Waals surface area contributed by atoms with Crippen LogP contribution in [0.15, 0.2) is 16.6 Å². The first-order valence-electron chi connectivity index (χ1n) is 7.50. The van der Waals surface area contributed by atoms with Gasteiger partial charge in [0.05, 0.1) is 10.6 Å². The van der Waals surface area contributed by atoms with E-state index in [4.69, 9.17) is 16.3 Å². The summed E-state index contributed by atoms with van der Waals surface area (Å²) >= 11 is 9.01. The van der Waals surface area contributed by atoms with Gasteiger partial charge in [0, 0.05) is 23.6 Å². The maximum absolute atomic E-state index is 13.9. The molecule has 24 heavy (non-hydrogen) atoms. The molecule has 0 radical (unpaired) electrons. The monoisotopic (exact) mass is 420 g/mol. The molecule has 0 saturated carbocycles. The number of rotatable bonds is 2. The summed E-state index contributed by atoms with van der Waals surface area (Å²) in [6, 6.07) is 2.17. The molecule has 1 aliphatic rings. The number of hydrogen-bond acceptors (Lipinski definition) is 3. The molecular formula is C16H19BrClFN2O3. The van der Waals surface area contributed by atoms with Gasteiger partial charge in [0.25, 0.3) is 5.91 Å². The molecule has 0 aliphatic carbocycles. The van der Waals surface area contributed by atoms with Crippen LogP contribution < -0.4 is 5.32 Å². The van der Waals surface area contributed by atoms with E-state index in [0.717, 1.165) is 6.07 Å². The standard InChI is InChI=1S/C16H19BrClFN2O3/c1-16(2,3)24-15(23)21-5-4-9(8-21)20-14(22)10-6-12(18)11(17)7-13(10)19/h6-7,9H,4-5,8H2,1-3H3,(H,20,22)/t9-/m0/s1. The van der Waals surface area contributed by atoms with Gasteiger partial charge in [0.1, 0.15) is 11.4 Å². The van der Waals surface area contributed by atoms with Crippen molar-refractivity contribution in [3.8, 4) is 0 Å². The van der Waals surface area contributed by atoms with Crippen molar-refractivity contribution < 1.29 is 18.7 Å². The van der Waals surface area contributed by atoms with Crippen molar-refractivity contribution in [3.63, 3.8) is 0 Å². The van der Waals surface area contributed by atoms with Crippen LogP contribution in [-0.2, 0) is 4.74 Å². The molecule has 8 heteroatoms. The third kappa shape index (κ3) is 4.83. The largest absolute Gasteiger partial charge is 0.444 e. The van der Waals surface area contributed by atoms with Gasteiger partial charge in [-0.2, -0.15) is 0 Å². The molecular weight excluding hydrogens is 403 g/mol. The van der Waals surface area contributed by atoms with Crippen molar-refractivity contribution in [1.29, 1.82) is 0 Å². The summed E-state index contributed by atoms with van der Waals surface area (Å²) in [6.45, 7) is 6.18. The lowest BCUT2D eigenvalue weighted by molar-refractivity contribution is 0.0290. The van der Waals surface area contributed by atoms with E-state index in [1.54, 1.807) is 20.8 Å². The smallest absolute Gasteiger partial charge is 0.410 e. The van der Waals surface area contributed by atoms with Crippen LogP contribution in [0.5, 0.6) is 0 Å². The molecule has 0 spiro atoms. The zero-order chi connectivity index (χ0) is 18.1. The predicted octanol–water partition coefficient (Wildman–Crippen LogP) is 3.98. The number of nitrogens with one attached hydrogen (secondary N) is 1. The van der Waals surface area contributed by atoms with Gasteiger partial charge in [-0.3, -0.25) is 4.79 Å². The maximum Gasteiger partial charge on any atom is 0.410 e. The van der Waals surface area contributed by atoms with Gasteiger partial charge in [-0.15, -0.1) is 0 Å². The Balaban J connectivity index is 1.97. The fourth-order valence-corrected chi connectivity index (χ4v) is 2.81. The maximum atomic E-state index is 13.9. The Bertz CT molecular complexity index is 663. The van der Waals surface area contributed by atoms with Gasteiger partial charge in [0.15, 0.2) is 0 Å². The molecule has 1 atom stereocenters. The number of nitrogens with zero attached hydrogens (tertiary/aromatic N) is 1. The van der Waals surface area contributed by atoms with E-state index in [1.165, 1.54) is 11.0 Å². The van der Waals surface area contributed by atoms with Crippen molar-refractivity contribution in [1.82, 2.24) is 10.2 Å². The van der Waals surface area contributed by atoms with Crippen molar-refractivity contribution in [3.05, 3.63) is 33.0 Å². The average Bonchev–Trinajstić information content (AvgIpc) is 2.89. The third-order valence-electron chi connectivity index (χ3n) is 3.43. The summed E-state index contributed by atoms with van der Waals surface area (Å²) in [7, 11) is 0. The summed E-state index contributed by atoms with van der Waals surface area (Å²) in [5, 5.41) is 2.98. The fraction of sp³-hybridized carbons (Fsp3) is 0.500. The topological polar surface area (TPSA) is 58.6 Å². The van der Waals surface area contributed by atoms with Crippen molar-refractivity contribution in [2.45, 2.75) is 38.8 Å². The Morgan fingerprint density at radius 1 is 1.42 bits per heavy atom. The Morgan fingerprint density at radius 2 is 2.08 bits per heavy atom. The molecule has 1 fully saturated rings. The van der Waals surface area contributed by atoms with Gasteiger partial charge in [-0.05, 0) is 55.3 Å². The Labute approximate surface area is 153 Å². The lowest BCUT2D eigenvalue weighted by atomic mass is 10.1. The van der Waals surface area contributed by atoms with Gasteiger partial charge in [0.2, 0.25) is 0 Å². The molecule has 132 valence electrons. The highest BCUT2D eigenvalue weighted by Gasteiger charge is 2.31. The molecule has 2 amide bonds. The second-order valence-electron chi connectivity index (χ2n) is 6.63. The minimum atomic E-state index is -0.661. The van der Waals surface area contributed by atoms with E-state index in [0.29, 0.717) is 24.0 Å². The van der Waals surface area contributed by atoms with Gasteiger partial charge in [-0.25, -0.2) is 9.18 Å². The molecule has 0 unspecified atom stereocenters. The molecule has 1 aliphatic heterocycles. The Hall–Kier alpha value is -1.34. The van der Waals surface area contributed by atoms with Crippen LogP contribution in [-0.4, -0.2) is 41.6 Å². The van der Waals surface area contributed by atoms with E-state index in [1.807, 2.05) is 0 Å². The second-order valence-corrected chi connectivity index (χ2v) is 7.89. The highest BCUT2D eigenvalue weighted by atomic mass is 79.9. The van der Waals surface area contributed by atoms with E-state index < -0.39 is 23.4 Å². The molecule has 5 nitrogen and oxygen atoms in total. The number of halogens is 3. The van der Waals surface area contributed by atoms with Crippen LogP contribution in [0.2, 0.25) is 5.02 Å². The van der Waals surface area contributed by atoms with Crippen LogP contribution in [0, 0.1) is 5.82 Å². The number of amides is 2. The molecule has 1 N–H and O–H groups in total. The molecule has 2 rings (SSSR count). The number of ether oxygens (including phenoxy) is 1. The van der Waals surface area contributed by atoms with Gasteiger partial charge < -0.3 is 15.0 Å². The SMILES string of the molecule is CC(C)(C)OC(=O)N1CC[C@H](NC(=O)c2cc(Cl)c(Br)cc2F)C1. The summed E-state index contributed by atoms with van der Waals surface area (Å²) in [4.78, 5) is 25.8. The van der Waals surface area contributed by atoms with Crippen LogP contribution in [0.25, 0.3) is 0 Å². The minimum Gasteiger partial charge on any atom is -0.444 e. The molecule has 1 aromatic rings. The van der Waals surface area contributed by atoms with Crippen molar-refractivity contribution in [2.24, 2.45) is 0 Å². The Morgan fingerprint density at radius 3 is 2.71 bits per heavy atom. The van der Waals surface area contributed by atoms with E-state index in [9.17, 15) is 14.0 Å². The first kappa shape index (κ1) is 19.0. The zero-order valence-corrected chi connectivity index (χ0v) is 16.0. The highest BCUT2D eigenvalue weighted by molar-refractivity contribution is 9.10. The van der Waals surface area contributed by atoms with Gasteiger partial charge in [-0.1, -0.05) is 11.6 Å². The molecule has 0 aromatic heterocycles. The van der Waals surface area contributed by atoms with Crippen molar-refractivity contribution in [2.75, 3.05) is 13.1 Å². The highest BCUT2D eigenvalue weighted by Crippen LogP contribution is 2.26. The predicted molar refractivity (Wildman–Crippen MR) is 92.8 cm³/mol. The van der Waals surface area contributed by atoms with Crippen LogP contribution in [0.1, 0.15) is 37.6 Å². The summed E-state index contributed by atoms with van der Waals surface area (Å²) in [5.74, 6) is -1.22. The molecule has 1 heterocycles. The molecule has 1 aromatic carbocycles. The normalized spacial score (nSPS) is 17.8. The number of benzene rings is 1.